The third kappa shape index (κ3) is 434. The van der Waals surface area contributed by atoms with Crippen molar-refractivity contribution in [2.75, 3.05) is 56.6 Å². The van der Waals surface area contributed by atoms with Crippen LogP contribution in [0.25, 0.3) is 0 Å². The summed E-state index contributed by atoms with van der Waals surface area (Å²) >= 11 is 0. The van der Waals surface area contributed by atoms with E-state index in [9.17, 15) is 19.2 Å². The summed E-state index contributed by atoms with van der Waals surface area (Å²) in [6, 6.07) is 0. The maximum absolute atomic E-state index is 9.70. The quantitative estimate of drug-likeness (QED) is 0.492. The zero-order valence-corrected chi connectivity index (χ0v) is 21.1. The van der Waals surface area contributed by atoms with Crippen LogP contribution < -0.4 is 16.0 Å². The van der Waals surface area contributed by atoms with Crippen molar-refractivity contribution in [3.63, 3.8) is 0 Å². The zero-order chi connectivity index (χ0) is 25.3. The van der Waals surface area contributed by atoms with Gasteiger partial charge in [0.05, 0.1) is 14.2 Å². The van der Waals surface area contributed by atoms with Crippen LogP contribution in [0.4, 0.5) is 0 Å². The van der Waals surface area contributed by atoms with Gasteiger partial charge in [-0.1, -0.05) is 20.3 Å². The van der Waals surface area contributed by atoms with Gasteiger partial charge in [-0.2, -0.15) is 0 Å². The molecule has 10 nitrogen and oxygen atoms in total. The molecule has 29 heavy (non-hydrogen) atoms. The minimum Gasteiger partial charge on any atom is -0.469 e. The maximum atomic E-state index is 9.70. The molecule has 0 spiro atoms. The van der Waals surface area contributed by atoms with Gasteiger partial charge in [-0.15, -0.1) is 0 Å². The number of hydrogen-bond acceptors (Lipinski definition) is 8. The van der Waals surface area contributed by atoms with Gasteiger partial charge in [-0.25, -0.2) is 0 Å². The van der Waals surface area contributed by atoms with Gasteiger partial charge in [-0.3, -0.25) is 19.2 Å². The average Bonchev–Trinajstić information content (AvgIpc) is 2.65. The highest BCUT2D eigenvalue weighted by molar-refractivity contribution is 5.72. The van der Waals surface area contributed by atoms with Crippen LogP contribution in [0.5, 0.6) is 0 Å². The molecule has 0 radical (unpaired) electrons. The van der Waals surface area contributed by atoms with Crippen LogP contribution in [0.1, 0.15) is 48.0 Å². The molecule has 0 aromatic carbocycles. The molecule has 0 fully saturated rings. The number of rotatable bonds is 0. The van der Waals surface area contributed by atoms with Gasteiger partial charge < -0.3 is 30.2 Å². The highest BCUT2D eigenvalue weighted by atomic mass is 16.5. The molecule has 0 heterocycles. The molecular weight excluding hydrogens is 382 g/mol. The van der Waals surface area contributed by atoms with Crippen molar-refractivity contribution < 1.29 is 33.4 Å². The second-order valence-corrected chi connectivity index (χ2v) is 4.62. The Morgan fingerprint density at radius 3 is 0.690 bits per heavy atom. The third-order valence-corrected chi connectivity index (χ3v) is 1.28. The van der Waals surface area contributed by atoms with E-state index in [-0.39, 0.29) is 23.8 Å². The molecule has 0 aromatic heterocycles. The summed E-state index contributed by atoms with van der Waals surface area (Å²) in [6.45, 7) is 9.92. The first-order chi connectivity index (χ1) is 13.3. The summed E-state index contributed by atoms with van der Waals surface area (Å²) in [7, 11) is 12.9. The predicted octanol–water partition coefficient (Wildman–Crippen LogP) is 1.38. The van der Waals surface area contributed by atoms with Gasteiger partial charge in [0.1, 0.15) is 0 Å². The van der Waals surface area contributed by atoms with E-state index in [4.69, 9.17) is 0 Å². The summed E-state index contributed by atoms with van der Waals surface area (Å²) in [5.74, 6) is -0.481. The van der Waals surface area contributed by atoms with E-state index in [0.29, 0.717) is 0 Å². The lowest BCUT2D eigenvalue weighted by Gasteiger charge is -1.80. The number of methoxy groups -OCH3 is 3. The number of hydrogen-bond donors (Lipinski definition) is 3. The maximum Gasteiger partial charge on any atom is 0.302 e. The number of nitrogens with one attached hydrogen (secondary N) is 3. The highest BCUT2D eigenvalue weighted by Crippen LogP contribution is 1.60. The van der Waals surface area contributed by atoms with Crippen molar-refractivity contribution >= 4 is 23.8 Å². The van der Waals surface area contributed by atoms with Gasteiger partial charge in [0.15, 0.2) is 0 Å². The van der Waals surface area contributed by atoms with Crippen molar-refractivity contribution in [1.29, 1.82) is 0 Å². The lowest BCUT2D eigenvalue weighted by molar-refractivity contribution is -0.138. The Hall–Kier alpha value is -2.20. The molecule has 0 saturated carbocycles. The lowest BCUT2D eigenvalue weighted by Crippen LogP contribution is -2.11. The molecule has 0 atom stereocenters. The monoisotopic (exact) mass is 429 g/mol. The molecule has 2 amide bonds. The Bertz CT molecular complexity index is 266. The normalized spacial score (nSPS) is 6.55. The molecule has 0 aliphatic heterocycles. The second kappa shape index (κ2) is 56.2. The van der Waals surface area contributed by atoms with Crippen molar-refractivity contribution in [3.05, 3.63) is 0 Å². The fourth-order valence-electron chi connectivity index (χ4n) is 0. The van der Waals surface area contributed by atoms with Gasteiger partial charge >= 0.3 is 11.9 Å². The van der Waals surface area contributed by atoms with Crippen molar-refractivity contribution in [2.45, 2.75) is 48.0 Å². The Balaban J connectivity index is -0.0000000395. The van der Waals surface area contributed by atoms with Crippen LogP contribution in [0.15, 0.2) is 0 Å². The molecule has 0 unspecified atom stereocenters. The van der Waals surface area contributed by atoms with Crippen molar-refractivity contribution in [1.82, 2.24) is 16.0 Å². The van der Waals surface area contributed by atoms with Crippen LogP contribution in [0.3, 0.4) is 0 Å². The van der Waals surface area contributed by atoms with E-state index in [1.165, 1.54) is 48.3 Å². The smallest absolute Gasteiger partial charge is 0.302 e. The highest BCUT2D eigenvalue weighted by Gasteiger charge is 1.76. The van der Waals surface area contributed by atoms with Gasteiger partial charge in [-0.05, 0) is 14.1 Å². The number of carbonyl (C=O) groups is 4. The number of carbonyl (C=O) groups excluding carboxylic acids is 4. The molecule has 180 valence electrons. The minimum atomic E-state index is -0.245. The molecule has 3 N–H and O–H groups in total. The Labute approximate surface area is 178 Å². The molecule has 0 rings (SSSR count). The van der Waals surface area contributed by atoms with E-state index >= 15 is 0 Å². The first-order valence-corrected chi connectivity index (χ1v) is 8.77. The largest absolute Gasteiger partial charge is 0.469 e. The second-order valence-electron chi connectivity index (χ2n) is 4.62. The van der Waals surface area contributed by atoms with E-state index in [1.54, 1.807) is 28.3 Å². The Kier molecular flexibility index (Phi) is 88.2. The van der Waals surface area contributed by atoms with E-state index in [0.717, 1.165) is 0 Å². The Morgan fingerprint density at radius 1 is 0.621 bits per heavy atom. The summed E-state index contributed by atoms with van der Waals surface area (Å²) in [5, 5.41) is 7.53. The van der Waals surface area contributed by atoms with Gasteiger partial charge in [0.25, 0.3) is 0 Å². The summed E-state index contributed by atoms with van der Waals surface area (Å²) in [5.41, 5.74) is 0. The van der Waals surface area contributed by atoms with Gasteiger partial charge in [0.2, 0.25) is 11.8 Å². The van der Waals surface area contributed by atoms with Crippen LogP contribution in [-0.4, -0.2) is 80.4 Å². The predicted molar refractivity (Wildman–Crippen MR) is 119 cm³/mol. The Morgan fingerprint density at radius 2 is 0.690 bits per heavy atom. The molecule has 10 heteroatoms. The van der Waals surface area contributed by atoms with Crippen LogP contribution in [0, 0.1) is 0 Å². The molecule has 0 bridgehead atoms. The molecule has 0 aliphatic carbocycles. The van der Waals surface area contributed by atoms with Crippen molar-refractivity contribution in [3.8, 4) is 0 Å². The van der Waals surface area contributed by atoms with Crippen molar-refractivity contribution in [2.24, 2.45) is 0 Å². The van der Waals surface area contributed by atoms with Crippen LogP contribution >= 0.6 is 0 Å². The topological polar surface area (TPSA) is 132 Å². The van der Waals surface area contributed by atoms with Crippen LogP contribution in [0.2, 0.25) is 0 Å². The van der Waals surface area contributed by atoms with Gasteiger partial charge in [0, 0.05) is 56.0 Å². The summed E-state index contributed by atoms with van der Waals surface area (Å²) in [6.07, 6.45) is 1.25. The summed E-state index contributed by atoms with van der Waals surface area (Å²) in [4.78, 5) is 38.6. The number of ether oxygens (including phenoxy) is 3. The number of amides is 2. The van der Waals surface area contributed by atoms with E-state index < -0.39 is 0 Å². The molecular formula is C19H47N3O7. The third-order valence-electron chi connectivity index (χ3n) is 1.28. The standard InChI is InChI=1S/2C3H7NO.2C3H6O2.C3H8.C2H7N.C2H6O/c2*1-3(5)4-2;2*1-3(4)5-2;3*1-3-2/h2*1-2H3,(H,4,5);2*1-2H3;3H2,1-2H3;3H,1-2H3;1-2H3. The minimum absolute atomic E-state index is 0.00463. The first kappa shape index (κ1) is 45.5. The lowest BCUT2D eigenvalue weighted by atomic mass is 10.6. The molecule has 0 aromatic rings. The first-order valence-electron chi connectivity index (χ1n) is 8.77. The van der Waals surface area contributed by atoms with E-state index in [2.05, 4.69) is 44.0 Å². The molecule has 0 saturated heterocycles. The SMILES string of the molecule is CCC.CNC.CNC(C)=O.CNC(C)=O.COC.COC(C)=O.COC(C)=O. The fourth-order valence-corrected chi connectivity index (χ4v) is 0. The molecule has 0 aliphatic rings. The average molecular weight is 430 g/mol. The fraction of sp³-hybridized carbons (Fsp3) is 0.789. The number of esters is 2. The van der Waals surface area contributed by atoms with E-state index in [1.807, 2.05) is 14.1 Å². The van der Waals surface area contributed by atoms with Crippen LogP contribution in [-0.2, 0) is 33.4 Å². The zero-order valence-electron chi connectivity index (χ0n) is 21.1. The summed E-state index contributed by atoms with van der Waals surface area (Å²) < 4.78 is 12.5.